The van der Waals surface area contributed by atoms with Gasteiger partial charge in [-0.05, 0) is 42.8 Å². The molecule has 1 heterocycles. The third-order valence-corrected chi connectivity index (χ3v) is 4.06. The minimum absolute atomic E-state index is 0.274. The van der Waals surface area contributed by atoms with Crippen LogP contribution in [-0.2, 0) is 0 Å². The molecule has 1 N–H and O–H groups in total. The molecule has 0 spiro atoms. The number of hydrogen-bond acceptors (Lipinski definition) is 5. The molecule has 0 saturated carbocycles. The van der Waals surface area contributed by atoms with Gasteiger partial charge in [-0.25, -0.2) is 4.68 Å². The Morgan fingerprint density at radius 1 is 0.963 bits per heavy atom. The van der Waals surface area contributed by atoms with Gasteiger partial charge in [0.1, 0.15) is 22.9 Å². The van der Waals surface area contributed by atoms with E-state index in [1.54, 1.807) is 49.4 Å². The molecule has 7 nitrogen and oxygen atoms in total. The van der Waals surface area contributed by atoms with Crippen molar-refractivity contribution >= 4 is 11.6 Å². The molecule has 3 aromatic rings. The summed E-state index contributed by atoms with van der Waals surface area (Å²) in [5.41, 5.74) is 2.64. The van der Waals surface area contributed by atoms with Gasteiger partial charge in [0.25, 0.3) is 5.91 Å². The average Bonchev–Trinajstić information content (AvgIpc) is 3.18. The first kappa shape index (κ1) is 18.3. The van der Waals surface area contributed by atoms with E-state index in [0.29, 0.717) is 22.9 Å². The average molecular weight is 367 g/mol. The zero-order valence-electron chi connectivity index (χ0n) is 15.6. The molecular weight excluding hydrogens is 346 g/mol. The van der Waals surface area contributed by atoms with Gasteiger partial charge in [0.15, 0.2) is 5.69 Å². The lowest BCUT2D eigenvalue weighted by Gasteiger charge is -2.11. The number of carbonyl (C=O) groups is 1. The number of nitrogens with one attached hydrogen (secondary N) is 1. The van der Waals surface area contributed by atoms with Crippen molar-refractivity contribution in [2.75, 3.05) is 26.6 Å². The van der Waals surface area contributed by atoms with Crippen molar-refractivity contribution in [3.05, 3.63) is 59.9 Å². The summed E-state index contributed by atoms with van der Waals surface area (Å²) in [5, 5.41) is 7.18. The standard InChI is InChI=1S/C20H21N3O4/c1-13-5-8-18(26-3)17(11-13)23-10-9-16(22-23)20(24)21-15-7-6-14(25-2)12-19(15)27-4/h5-12H,1-4H3,(H,21,24). The van der Waals surface area contributed by atoms with Crippen LogP contribution in [0.1, 0.15) is 16.1 Å². The van der Waals surface area contributed by atoms with Crippen LogP contribution >= 0.6 is 0 Å². The van der Waals surface area contributed by atoms with Crippen molar-refractivity contribution in [3.8, 4) is 22.9 Å². The van der Waals surface area contributed by atoms with Gasteiger partial charge in [-0.3, -0.25) is 4.79 Å². The third-order valence-electron chi connectivity index (χ3n) is 4.06. The molecule has 1 amide bonds. The number of aryl methyl sites for hydroxylation is 1. The van der Waals surface area contributed by atoms with Gasteiger partial charge in [-0.15, -0.1) is 0 Å². The van der Waals surface area contributed by atoms with Gasteiger partial charge in [0, 0.05) is 12.3 Å². The predicted molar refractivity (Wildman–Crippen MR) is 102 cm³/mol. The largest absolute Gasteiger partial charge is 0.497 e. The van der Waals surface area contributed by atoms with Gasteiger partial charge in [-0.1, -0.05) is 6.07 Å². The van der Waals surface area contributed by atoms with Crippen LogP contribution in [0.5, 0.6) is 17.2 Å². The second-order valence-corrected chi connectivity index (χ2v) is 5.84. The van der Waals surface area contributed by atoms with Crippen LogP contribution in [-0.4, -0.2) is 37.0 Å². The first-order chi connectivity index (χ1) is 13.0. The summed E-state index contributed by atoms with van der Waals surface area (Å²) in [6.07, 6.45) is 1.72. The molecule has 0 fully saturated rings. The Bertz CT molecular complexity index is 966. The molecule has 2 aromatic carbocycles. The first-order valence-corrected chi connectivity index (χ1v) is 8.29. The molecule has 0 atom stereocenters. The van der Waals surface area contributed by atoms with Gasteiger partial charge in [0.2, 0.25) is 0 Å². The summed E-state index contributed by atoms with van der Waals surface area (Å²) in [7, 11) is 4.70. The normalized spacial score (nSPS) is 10.4. The van der Waals surface area contributed by atoms with E-state index < -0.39 is 0 Å². The molecule has 0 aliphatic carbocycles. The van der Waals surface area contributed by atoms with Gasteiger partial charge < -0.3 is 19.5 Å². The van der Waals surface area contributed by atoms with E-state index in [-0.39, 0.29) is 11.6 Å². The molecular formula is C20H21N3O4. The van der Waals surface area contributed by atoms with E-state index in [1.165, 1.54) is 7.11 Å². The Kier molecular flexibility index (Phi) is 5.30. The lowest BCUT2D eigenvalue weighted by molar-refractivity contribution is 0.102. The SMILES string of the molecule is COc1ccc(NC(=O)c2ccn(-c3cc(C)ccc3OC)n2)c(OC)c1. The number of rotatable bonds is 6. The van der Waals surface area contributed by atoms with Crippen molar-refractivity contribution in [3.63, 3.8) is 0 Å². The molecule has 7 heteroatoms. The van der Waals surface area contributed by atoms with Crippen LogP contribution in [0.2, 0.25) is 0 Å². The van der Waals surface area contributed by atoms with Crippen molar-refractivity contribution in [1.29, 1.82) is 0 Å². The number of hydrogen-bond donors (Lipinski definition) is 1. The summed E-state index contributed by atoms with van der Waals surface area (Å²) in [5.74, 6) is 1.47. The molecule has 3 rings (SSSR count). The molecule has 140 valence electrons. The topological polar surface area (TPSA) is 74.6 Å². The Morgan fingerprint density at radius 2 is 1.74 bits per heavy atom. The van der Waals surface area contributed by atoms with Crippen LogP contribution in [0.3, 0.4) is 0 Å². The maximum Gasteiger partial charge on any atom is 0.276 e. The Morgan fingerprint density at radius 3 is 2.44 bits per heavy atom. The van der Waals surface area contributed by atoms with Crippen LogP contribution in [0.15, 0.2) is 48.7 Å². The first-order valence-electron chi connectivity index (χ1n) is 8.29. The highest BCUT2D eigenvalue weighted by Crippen LogP contribution is 2.29. The van der Waals surface area contributed by atoms with Crippen molar-refractivity contribution in [1.82, 2.24) is 9.78 Å². The zero-order chi connectivity index (χ0) is 19.4. The Balaban J connectivity index is 1.85. The Labute approximate surface area is 157 Å². The lowest BCUT2D eigenvalue weighted by Crippen LogP contribution is -2.14. The summed E-state index contributed by atoms with van der Waals surface area (Å²) in [4.78, 5) is 12.6. The highest BCUT2D eigenvalue weighted by atomic mass is 16.5. The minimum atomic E-state index is -0.344. The van der Waals surface area contributed by atoms with E-state index in [2.05, 4.69) is 10.4 Å². The molecule has 0 saturated heterocycles. The molecule has 0 aliphatic heterocycles. The highest BCUT2D eigenvalue weighted by Gasteiger charge is 2.15. The number of methoxy groups -OCH3 is 3. The van der Waals surface area contributed by atoms with E-state index in [4.69, 9.17) is 14.2 Å². The number of nitrogens with zero attached hydrogens (tertiary/aromatic N) is 2. The van der Waals surface area contributed by atoms with Gasteiger partial charge in [-0.2, -0.15) is 5.10 Å². The summed E-state index contributed by atoms with van der Waals surface area (Å²) < 4.78 is 17.5. The summed E-state index contributed by atoms with van der Waals surface area (Å²) in [6.45, 7) is 1.98. The highest BCUT2D eigenvalue weighted by molar-refractivity contribution is 6.03. The second-order valence-electron chi connectivity index (χ2n) is 5.84. The van der Waals surface area contributed by atoms with E-state index >= 15 is 0 Å². The zero-order valence-corrected chi connectivity index (χ0v) is 15.6. The van der Waals surface area contributed by atoms with Crippen LogP contribution < -0.4 is 19.5 Å². The van der Waals surface area contributed by atoms with Gasteiger partial charge in [0.05, 0.1) is 27.0 Å². The van der Waals surface area contributed by atoms with E-state index in [0.717, 1.165) is 11.3 Å². The van der Waals surface area contributed by atoms with E-state index in [1.807, 2.05) is 25.1 Å². The number of benzene rings is 2. The fourth-order valence-electron chi connectivity index (χ4n) is 2.65. The number of amides is 1. The van der Waals surface area contributed by atoms with Gasteiger partial charge >= 0.3 is 0 Å². The van der Waals surface area contributed by atoms with Crippen molar-refractivity contribution in [2.24, 2.45) is 0 Å². The third kappa shape index (κ3) is 3.87. The maximum atomic E-state index is 12.6. The fourth-order valence-corrected chi connectivity index (χ4v) is 2.65. The number of aromatic nitrogens is 2. The van der Waals surface area contributed by atoms with Crippen LogP contribution in [0, 0.1) is 6.92 Å². The Hall–Kier alpha value is -3.48. The minimum Gasteiger partial charge on any atom is -0.497 e. The monoisotopic (exact) mass is 367 g/mol. The smallest absolute Gasteiger partial charge is 0.276 e. The molecule has 1 aromatic heterocycles. The van der Waals surface area contributed by atoms with Crippen LogP contribution in [0.4, 0.5) is 5.69 Å². The number of ether oxygens (including phenoxy) is 3. The molecule has 0 radical (unpaired) electrons. The second kappa shape index (κ2) is 7.82. The molecule has 0 aliphatic rings. The molecule has 0 unspecified atom stereocenters. The summed E-state index contributed by atoms with van der Waals surface area (Å²) >= 11 is 0. The molecule has 27 heavy (non-hydrogen) atoms. The lowest BCUT2D eigenvalue weighted by atomic mass is 10.2. The molecule has 0 bridgehead atoms. The number of anilines is 1. The van der Waals surface area contributed by atoms with Crippen molar-refractivity contribution in [2.45, 2.75) is 6.92 Å². The maximum absolute atomic E-state index is 12.6. The van der Waals surface area contributed by atoms with E-state index in [9.17, 15) is 4.79 Å². The number of carbonyl (C=O) groups excluding carboxylic acids is 1. The predicted octanol–water partition coefficient (Wildman–Crippen LogP) is 3.46. The quantitative estimate of drug-likeness (QED) is 0.722. The fraction of sp³-hybridized carbons (Fsp3) is 0.200. The van der Waals surface area contributed by atoms with Crippen molar-refractivity contribution < 1.29 is 19.0 Å². The summed E-state index contributed by atoms with van der Waals surface area (Å²) in [6, 6.07) is 12.6. The van der Waals surface area contributed by atoms with Crippen LogP contribution in [0.25, 0.3) is 5.69 Å².